The van der Waals surface area contributed by atoms with E-state index in [2.05, 4.69) is 10.6 Å². The molecule has 0 heterocycles. The lowest BCUT2D eigenvalue weighted by molar-refractivity contribution is -0.120. The highest BCUT2D eigenvalue weighted by Gasteiger charge is 2.20. The van der Waals surface area contributed by atoms with Crippen LogP contribution in [0.1, 0.15) is 31.2 Å². The molecule has 0 bridgehead atoms. The predicted molar refractivity (Wildman–Crippen MR) is 80.1 cm³/mol. The molecular formula is C15H21ClN2O2. The number of hydrogen-bond donors (Lipinski definition) is 2. The third-order valence-electron chi connectivity index (χ3n) is 3.27. The van der Waals surface area contributed by atoms with Gasteiger partial charge in [0, 0.05) is 36.6 Å². The molecule has 0 aliphatic heterocycles. The van der Waals surface area contributed by atoms with Gasteiger partial charge >= 0.3 is 0 Å². The molecule has 20 heavy (non-hydrogen) atoms. The van der Waals surface area contributed by atoms with Crippen molar-refractivity contribution in [3.63, 3.8) is 0 Å². The normalized spacial score (nSPS) is 14.1. The van der Waals surface area contributed by atoms with E-state index in [0.717, 1.165) is 22.9 Å². The lowest BCUT2D eigenvalue weighted by Gasteiger charge is -2.12. The zero-order valence-corrected chi connectivity index (χ0v) is 12.5. The van der Waals surface area contributed by atoms with Crippen LogP contribution in [-0.4, -0.2) is 25.6 Å². The first-order valence-corrected chi connectivity index (χ1v) is 7.42. The van der Waals surface area contributed by atoms with Crippen LogP contribution in [0.25, 0.3) is 0 Å². The number of halogens is 1. The van der Waals surface area contributed by atoms with Gasteiger partial charge in [-0.1, -0.05) is 11.6 Å². The zero-order valence-electron chi connectivity index (χ0n) is 11.7. The highest BCUT2D eigenvalue weighted by molar-refractivity contribution is 6.30. The number of nitrogens with one attached hydrogen (secondary N) is 2. The Morgan fingerprint density at radius 3 is 2.95 bits per heavy atom. The molecule has 0 saturated heterocycles. The van der Waals surface area contributed by atoms with E-state index in [1.807, 2.05) is 18.2 Å². The van der Waals surface area contributed by atoms with E-state index < -0.39 is 0 Å². The van der Waals surface area contributed by atoms with Gasteiger partial charge in [-0.05, 0) is 37.5 Å². The molecule has 0 radical (unpaired) electrons. The number of hydrogen-bond acceptors (Lipinski definition) is 3. The Hall–Kier alpha value is -1.26. The van der Waals surface area contributed by atoms with E-state index in [4.69, 9.17) is 16.3 Å². The lowest BCUT2D eigenvalue weighted by atomic mass is 10.2. The molecule has 1 aromatic carbocycles. The fraction of sp³-hybridized carbons (Fsp3) is 0.533. The predicted octanol–water partition coefficient (Wildman–Crippen LogP) is 2.50. The molecule has 0 atom stereocenters. The van der Waals surface area contributed by atoms with Gasteiger partial charge in [0.05, 0.1) is 6.61 Å². The van der Waals surface area contributed by atoms with E-state index >= 15 is 0 Å². The van der Waals surface area contributed by atoms with Crippen molar-refractivity contribution in [2.75, 3.05) is 13.7 Å². The van der Waals surface area contributed by atoms with Crippen LogP contribution >= 0.6 is 11.6 Å². The van der Waals surface area contributed by atoms with Crippen molar-refractivity contribution in [1.29, 1.82) is 0 Å². The molecule has 5 heteroatoms. The molecule has 0 aromatic heterocycles. The number of ether oxygens (including phenoxy) is 1. The maximum absolute atomic E-state index is 11.1. The average molecular weight is 297 g/mol. The molecule has 110 valence electrons. The van der Waals surface area contributed by atoms with Gasteiger partial charge in [-0.15, -0.1) is 0 Å². The van der Waals surface area contributed by atoms with Gasteiger partial charge in [0.2, 0.25) is 5.91 Å². The quantitative estimate of drug-likeness (QED) is 0.725. The summed E-state index contributed by atoms with van der Waals surface area (Å²) in [4.78, 5) is 11.1. The molecule has 2 rings (SSSR count). The summed E-state index contributed by atoms with van der Waals surface area (Å²) in [5.74, 6) is 0.889. The molecule has 1 fully saturated rings. The Morgan fingerprint density at radius 1 is 1.45 bits per heavy atom. The first-order chi connectivity index (χ1) is 9.69. The maximum atomic E-state index is 11.1. The number of benzene rings is 1. The average Bonchev–Trinajstić information content (AvgIpc) is 3.26. The number of carbonyl (C=O) groups excluding carboxylic acids is 1. The van der Waals surface area contributed by atoms with Crippen molar-refractivity contribution < 1.29 is 9.53 Å². The number of amides is 1. The monoisotopic (exact) mass is 296 g/mol. The molecule has 1 aliphatic rings. The fourth-order valence-corrected chi connectivity index (χ4v) is 2.10. The summed E-state index contributed by atoms with van der Waals surface area (Å²) in [5, 5.41) is 6.77. The van der Waals surface area contributed by atoms with Crippen molar-refractivity contribution in [2.45, 2.75) is 38.3 Å². The Kier molecular flexibility index (Phi) is 5.68. The second-order valence-electron chi connectivity index (χ2n) is 5.03. The Balaban J connectivity index is 1.83. The summed E-state index contributed by atoms with van der Waals surface area (Å²) in [7, 11) is 1.64. The summed E-state index contributed by atoms with van der Waals surface area (Å²) in [6, 6.07) is 6.31. The molecule has 1 amide bonds. The van der Waals surface area contributed by atoms with Gasteiger partial charge in [-0.3, -0.25) is 4.79 Å². The minimum Gasteiger partial charge on any atom is -0.493 e. The van der Waals surface area contributed by atoms with Crippen LogP contribution in [0.15, 0.2) is 18.2 Å². The van der Waals surface area contributed by atoms with E-state index in [1.165, 1.54) is 12.8 Å². The Morgan fingerprint density at radius 2 is 2.25 bits per heavy atom. The second-order valence-corrected chi connectivity index (χ2v) is 5.47. The van der Waals surface area contributed by atoms with Gasteiger partial charge < -0.3 is 15.4 Å². The molecular weight excluding hydrogens is 276 g/mol. The van der Waals surface area contributed by atoms with Crippen molar-refractivity contribution in [3.8, 4) is 5.75 Å². The molecule has 1 aromatic rings. The first-order valence-electron chi connectivity index (χ1n) is 7.04. The topological polar surface area (TPSA) is 50.4 Å². The van der Waals surface area contributed by atoms with Crippen LogP contribution in [0.2, 0.25) is 5.02 Å². The van der Waals surface area contributed by atoms with Crippen molar-refractivity contribution in [2.24, 2.45) is 0 Å². The minimum atomic E-state index is 0.0420. The highest BCUT2D eigenvalue weighted by Crippen LogP contribution is 2.25. The Bertz CT molecular complexity index is 461. The van der Waals surface area contributed by atoms with Crippen LogP contribution in [0.4, 0.5) is 0 Å². The van der Waals surface area contributed by atoms with Crippen LogP contribution in [-0.2, 0) is 11.3 Å². The standard InChI is InChI=1S/C15H21ClN2O2/c1-17-15(19)3-2-8-20-14-7-4-12(16)9-11(14)10-18-13-5-6-13/h4,7,9,13,18H,2-3,5-6,8,10H2,1H3,(H,17,19). The van der Waals surface area contributed by atoms with Gasteiger partial charge in [-0.2, -0.15) is 0 Å². The van der Waals surface area contributed by atoms with E-state index in [1.54, 1.807) is 7.05 Å². The minimum absolute atomic E-state index is 0.0420. The van der Waals surface area contributed by atoms with Crippen LogP contribution in [0.3, 0.4) is 0 Å². The third-order valence-corrected chi connectivity index (χ3v) is 3.50. The van der Waals surface area contributed by atoms with Crippen LogP contribution < -0.4 is 15.4 Å². The van der Waals surface area contributed by atoms with Gasteiger partial charge in [0.25, 0.3) is 0 Å². The van der Waals surface area contributed by atoms with Crippen LogP contribution in [0, 0.1) is 0 Å². The van der Waals surface area contributed by atoms with Gasteiger partial charge in [-0.25, -0.2) is 0 Å². The van der Waals surface area contributed by atoms with Crippen molar-refractivity contribution in [1.82, 2.24) is 10.6 Å². The molecule has 1 saturated carbocycles. The van der Waals surface area contributed by atoms with E-state index in [9.17, 15) is 4.79 Å². The number of rotatable bonds is 8. The van der Waals surface area contributed by atoms with Gasteiger partial charge in [0.1, 0.15) is 5.75 Å². The highest BCUT2D eigenvalue weighted by atomic mass is 35.5. The largest absolute Gasteiger partial charge is 0.493 e. The number of carbonyl (C=O) groups is 1. The third kappa shape index (κ3) is 5.02. The van der Waals surface area contributed by atoms with Crippen molar-refractivity contribution in [3.05, 3.63) is 28.8 Å². The molecule has 4 nitrogen and oxygen atoms in total. The Labute approximate surface area is 124 Å². The molecule has 1 aliphatic carbocycles. The second kappa shape index (κ2) is 7.50. The van der Waals surface area contributed by atoms with Crippen molar-refractivity contribution >= 4 is 17.5 Å². The molecule has 0 unspecified atom stereocenters. The molecule has 2 N–H and O–H groups in total. The fourth-order valence-electron chi connectivity index (χ4n) is 1.91. The molecule has 0 spiro atoms. The van der Waals surface area contributed by atoms with Gasteiger partial charge in [0.15, 0.2) is 0 Å². The SMILES string of the molecule is CNC(=O)CCCOc1ccc(Cl)cc1CNC1CC1. The summed E-state index contributed by atoms with van der Waals surface area (Å²) in [5.41, 5.74) is 1.07. The van der Waals surface area contributed by atoms with E-state index in [-0.39, 0.29) is 5.91 Å². The summed E-state index contributed by atoms with van der Waals surface area (Å²) < 4.78 is 5.76. The zero-order chi connectivity index (χ0) is 14.4. The van der Waals surface area contributed by atoms with E-state index in [0.29, 0.717) is 25.5 Å². The maximum Gasteiger partial charge on any atom is 0.219 e. The lowest BCUT2D eigenvalue weighted by Crippen LogP contribution is -2.18. The summed E-state index contributed by atoms with van der Waals surface area (Å²) in [6.45, 7) is 1.31. The smallest absolute Gasteiger partial charge is 0.219 e. The van der Waals surface area contributed by atoms with Crippen LogP contribution in [0.5, 0.6) is 5.75 Å². The summed E-state index contributed by atoms with van der Waals surface area (Å²) in [6.07, 6.45) is 3.70. The first kappa shape index (κ1) is 15.1. The summed E-state index contributed by atoms with van der Waals surface area (Å²) >= 11 is 6.03.